The Labute approximate surface area is 149 Å². The Morgan fingerprint density at radius 2 is 2.12 bits per heavy atom. The summed E-state index contributed by atoms with van der Waals surface area (Å²) in [7, 11) is 0. The van der Waals surface area contributed by atoms with Crippen molar-refractivity contribution in [3.05, 3.63) is 29.3 Å². The van der Waals surface area contributed by atoms with E-state index in [0.29, 0.717) is 17.7 Å². The van der Waals surface area contributed by atoms with Crippen molar-refractivity contribution in [2.45, 2.75) is 51.2 Å². The maximum atomic E-state index is 11.6. The van der Waals surface area contributed by atoms with Crippen molar-refractivity contribution in [1.29, 1.82) is 5.26 Å². The predicted octanol–water partition coefficient (Wildman–Crippen LogP) is 3.32. The zero-order valence-electron chi connectivity index (χ0n) is 14.9. The molecule has 1 atom stereocenters. The predicted molar refractivity (Wildman–Crippen MR) is 95.9 cm³/mol. The highest BCUT2D eigenvalue weighted by molar-refractivity contribution is 5.95. The number of rotatable bonds is 5. The molecule has 2 saturated heterocycles. The van der Waals surface area contributed by atoms with E-state index in [1.165, 1.54) is 6.42 Å². The van der Waals surface area contributed by atoms with Crippen LogP contribution in [0.4, 0.5) is 5.69 Å². The number of ether oxygens (including phenoxy) is 2. The lowest BCUT2D eigenvalue weighted by Gasteiger charge is -2.35. The number of Topliss-reactive ketones (excluding diaryl/α,β-unsaturated/α-hetero) is 1. The SMILES string of the molecule is CC(=O)c1ccc(C#N)c(N2CCC(OCC3CCCCO3)CC2)c1. The van der Waals surface area contributed by atoms with Crippen LogP contribution in [-0.4, -0.2) is 44.3 Å². The third kappa shape index (κ3) is 4.59. The number of ketones is 1. The minimum Gasteiger partial charge on any atom is -0.376 e. The van der Waals surface area contributed by atoms with Gasteiger partial charge in [0.05, 0.1) is 30.1 Å². The summed E-state index contributed by atoms with van der Waals surface area (Å²) in [5.41, 5.74) is 2.14. The molecule has 25 heavy (non-hydrogen) atoms. The van der Waals surface area contributed by atoms with Crippen LogP contribution >= 0.6 is 0 Å². The fourth-order valence-corrected chi connectivity index (χ4v) is 3.55. The number of nitriles is 1. The van der Waals surface area contributed by atoms with E-state index < -0.39 is 0 Å². The largest absolute Gasteiger partial charge is 0.376 e. The molecule has 5 nitrogen and oxygen atoms in total. The lowest BCUT2D eigenvalue weighted by molar-refractivity contribution is -0.0672. The van der Waals surface area contributed by atoms with Gasteiger partial charge in [-0.2, -0.15) is 5.26 Å². The Morgan fingerprint density at radius 1 is 1.32 bits per heavy atom. The molecule has 2 aliphatic rings. The Balaban J connectivity index is 1.56. The summed E-state index contributed by atoms with van der Waals surface area (Å²) in [4.78, 5) is 13.8. The van der Waals surface area contributed by atoms with Crippen molar-refractivity contribution in [2.24, 2.45) is 0 Å². The smallest absolute Gasteiger partial charge is 0.159 e. The molecule has 0 aromatic heterocycles. The second-order valence-corrected chi connectivity index (χ2v) is 6.91. The quantitative estimate of drug-likeness (QED) is 0.768. The van der Waals surface area contributed by atoms with Crippen molar-refractivity contribution >= 4 is 11.5 Å². The number of hydrogen-bond donors (Lipinski definition) is 0. The van der Waals surface area contributed by atoms with E-state index in [0.717, 1.165) is 51.1 Å². The number of nitrogens with zero attached hydrogens (tertiary/aromatic N) is 2. The molecule has 134 valence electrons. The lowest BCUT2D eigenvalue weighted by atomic mass is 10.0. The molecule has 2 heterocycles. The van der Waals surface area contributed by atoms with Crippen molar-refractivity contribution in [3.8, 4) is 6.07 Å². The van der Waals surface area contributed by atoms with E-state index in [-0.39, 0.29) is 18.0 Å². The van der Waals surface area contributed by atoms with Crippen molar-refractivity contribution in [3.63, 3.8) is 0 Å². The minimum absolute atomic E-state index is 0.0245. The first-order chi connectivity index (χ1) is 12.2. The maximum Gasteiger partial charge on any atom is 0.159 e. The average Bonchev–Trinajstić information content (AvgIpc) is 2.67. The Bertz CT molecular complexity index is 639. The molecule has 1 unspecified atom stereocenters. The Morgan fingerprint density at radius 3 is 2.76 bits per heavy atom. The topological polar surface area (TPSA) is 62.6 Å². The lowest BCUT2D eigenvalue weighted by Crippen LogP contribution is -2.38. The molecule has 0 spiro atoms. The van der Waals surface area contributed by atoms with Gasteiger partial charge in [0.15, 0.2) is 5.78 Å². The normalized spacial score (nSPS) is 21.8. The van der Waals surface area contributed by atoms with Gasteiger partial charge in [-0.1, -0.05) is 0 Å². The summed E-state index contributed by atoms with van der Waals surface area (Å²) < 4.78 is 11.8. The summed E-state index contributed by atoms with van der Waals surface area (Å²) in [6, 6.07) is 7.55. The van der Waals surface area contributed by atoms with E-state index in [4.69, 9.17) is 9.47 Å². The molecule has 5 heteroatoms. The van der Waals surface area contributed by atoms with Crippen molar-refractivity contribution in [2.75, 3.05) is 31.2 Å². The van der Waals surface area contributed by atoms with Crippen LogP contribution in [0.1, 0.15) is 54.9 Å². The Kier molecular flexibility index (Phi) is 6.06. The monoisotopic (exact) mass is 342 g/mol. The fourth-order valence-electron chi connectivity index (χ4n) is 3.55. The molecule has 0 aliphatic carbocycles. The number of carbonyl (C=O) groups is 1. The molecule has 2 aliphatic heterocycles. The van der Waals surface area contributed by atoms with Gasteiger partial charge in [0.25, 0.3) is 0 Å². The fraction of sp³-hybridized carbons (Fsp3) is 0.600. The number of anilines is 1. The second kappa shape index (κ2) is 8.46. The van der Waals surface area contributed by atoms with Crippen LogP contribution in [0.2, 0.25) is 0 Å². The van der Waals surface area contributed by atoms with E-state index in [9.17, 15) is 10.1 Å². The van der Waals surface area contributed by atoms with Gasteiger partial charge in [-0.3, -0.25) is 4.79 Å². The van der Waals surface area contributed by atoms with Gasteiger partial charge < -0.3 is 14.4 Å². The number of piperidine rings is 1. The van der Waals surface area contributed by atoms with Crippen LogP contribution in [0, 0.1) is 11.3 Å². The first-order valence-corrected chi connectivity index (χ1v) is 9.20. The van der Waals surface area contributed by atoms with Gasteiger partial charge in [0.2, 0.25) is 0 Å². The molecule has 3 rings (SSSR count). The zero-order chi connectivity index (χ0) is 17.6. The molecule has 0 radical (unpaired) electrons. The van der Waals surface area contributed by atoms with E-state index >= 15 is 0 Å². The molecular weight excluding hydrogens is 316 g/mol. The second-order valence-electron chi connectivity index (χ2n) is 6.91. The van der Waals surface area contributed by atoms with E-state index in [1.807, 2.05) is 6.07 Å². The van der Waals surface area contributed by atoms with Crippen molar-refractivity contribution in [1.82, 2.24) is 0 Å². The highest BCUT2D eigenvalue weighted by Crippen LogP contribution is 2.27. The summed E-state index contributed by atoms with van der Waals surface area (Å²) in [5, 5.41) is 9.36. The van der Waals surface area contributed by atoms with Crippen LogP contribution in [0.3, 0.4) is 0 Å². The summed E-state index contributed by atoms with van der Waals surface area (Å²) in [5.74, 6) is 0.0245. The summed E-state index contributed by atoms with van der Waals surface area (Å²) in [6.45, 7) is 4.78. The van der Waals surface area contributed by atoms with Crippen LogP contribution in [-0.2, 0) is 9.47 Å². The van der Waals surface area contributed by atoms with Crippen LogP contribution in [0.15, 0.2) is 18.2 Å². The first kappa shape index (κ1) is 17.9. The van der Waals surface area contributed by atoms with Gasteiger partial charge in [0.1, 0.15) is 6.07 Å². The van der Waals surface area contributed by atoms with Crippen LogP contribution in [0.5, 0.6) is 0 Å². The third-order valence-corrected chi connectivity index (χ3v) is 5.10. The highest BCUT2D eigenvalue weighted by Gasteiger charge is 2.24. The molecule has 0 amide bonds. The highest BCUT2D eigenvalue weighted by atomic mass is 16.5. The summed E-state index contributed by atoms with van der Waals surface area (Å²) in [6.07, 6.45) is 5.87. The first-order valence-electron chi connectivity index (χ1n) is 9.20. The molecule has 0 saturated carbocycles. The zero-order valence-corrected chi connectivity index (χ0v) is 14.9. The maximum absolute atomic E-state index is 11.6. The molecule has 0 N–H and O–H groups in total. The molecule has 1 aromatic carbocycles. The molecular formula is C20H26N2O3. The van der Waals surface area contributed by atoms with E-state index in [2.05, 4.69) is 11.0 Å². The Hall–Kier alpha value is -1.90. The van der Waals surface area contributed by atoms with Crippen LogP contribution in [0.25, 0.3) is 0 Å². The minimum atomic E-state index is 0.0245. The number of benzene rings is 1. The molecule has 1 aromatic rings. The third-order valence-electron chi connectivity index (χ3n) is 5.10. The van der Waals surface area contributed by atoms with Gasteiger partial charge in [-0.25, -0.2) is 0 Å². The average molecular weight is 342 g/mol. The van der Waals surface area contributed by atoms with Gasteiger partial charge in [-0.05, 0) is 57.2 Å². The van der Waals surface area contributed by atoms with Crippen LogP contribution < -0.4 is 4.90 Å². The standard InChI is InChI=1S/C20H26N2O3/c1-15(23)16-5-6-17(13-21)20(12-16)22-9-7-18(8-10-22)25-14-19-4-2-3-11-24-19/h5-6,12,18-19H,2-4,7-11,14H2,1H3. The number of hydrogen-bond acceptors (Lipinski definition) is 5. The van der Waals surface area contributed by atoms with Gasteiger partial charge >= 0.3 is 0 Å². The van der Waals surface area contributed by atoms with Gasteiger partial charge in [0, 0.05) is 25.3 Å². The van der Waals surface area contributed by atoms with Gasteiger partial charge in [-0.15, -0.1) is 0 Å². The summed E-state index contributed by atoms with van der Waals surface area (Å²) >= 11 is 0. The molecule has 0 bridgehead atoms. The van der Waals surface area contributed by atoms with Crippen molar-refractivity contribution < 1.29 is 14.3 Å². The van der Waals surface area contributed by atoms with E-state index in [1.54, 1.807) is 19.1 Å². The number of carbonyl (C=O) groups excluding carboxylic acids is 1. The molecule has 2 fully saturated rings.